The van der Waals surface area contributed by atoms with Crippen LogP contribution in [0.25, 0.3) is 0 Å². The van der Waals surface area contributed by atoms with E-state index in [1.807, 2.05) is 31.2 Å². The number of carbonyl (C=O) groups is 2. The van der Waals surface area contributed by atoms with Gasteiger partial charge in [0.25, 0.3) is 0 Å². The van der Waals surface area contributed by atoms with Crippen LogP contribution in [0.2, 0.25) is 5.02 Å². The first-order valence-corrected chi connectivity index (χ1v) is 8.50. The third-order valence-corrected chi connectivity index (χ3v) is 4.74. The first-order valence-electron chi connectivity index (χ1n) is 8.12. The number of nitrogens with two attached hydrogens (primary N) is 1. The lowest BCUT2D eigenvalue weighted by molar-refractivity contribution is -0.117. The van der Waals surface area contributed by atoms with Crippen LogP contribution in [0.5, 0.6) is 0 Å². The van der Waals surface area contributed by atoms with Gasteiger partial charge in [0, 0.05) is 34.9 Å². The Morgan fingerprint density at radius 2 is 1.88 bits per heavy atom. The van der Waals surface area contributed by atoms with Gasteiger partial charge in [0.1, 0.15) is 0 Å². The number of nitrogens with one attached hydrogen (secondary N) is 1. The largest absolute Gasteiger partial charge is 0.378 e. The molecule has 2 amide bonds. The molecule has 0 spiro atoms. The zero-order valence-corrected chi connectivity index (χ0v) is 14.9. The number of hydrogen-bond donors (Lipinski definition) is 2. The number of nitrogens with zero attached hydrogens (tertiary/aromatic N) is 1. The molecule has 2 unspecified atom stereocenters. The highest BCUT2D eigenvalue weighted by Crippen LogP contribution is 2.39. The molecule has 1 aliphatic rings. The van der Waals surface area contributed by atoms with E-state index in [0.717, 1.165) is 23.4 Å². The van der Waals surface area contributed by atoms with Gasteiger partial charge in [-0.25, -0.2) is 0 Å². The lowest BCUT2D eigenvalue weighted by atomic mass is 9.90. The summed E-state index contributed by atoms with van der Waals surface area (Å²) in [6.07, 6.45) is 0.720. The van der Waals surface area contributed by atoms with Crippen molar-refractivity contribution in [3.63, 3.8) is 0 Å². The van der Waals surface area contributed by atoms with Gasteiger partial charge in [-0.15, -0.1) is 0 Å². The highest BCUT2D eigenvalue weighted by Gasteiger charge is 2.32. The average Bonchev–Trinajstić information content (AvgIpc) is 2.56. The van der Waals surface area contributed by atoms with Crippen LogP contribution in [-0.2, 0) is 4.79 Å². The molecule has 2 aromatic carbocycles. The fourth-order valence-electron chi connectivity index (χ4n) is 3.38. The summed E-state index contributed by atoms with van der Waals surface area (Å²) >= 11 is 5.94. The Bertz CT molecular complexity index is 820. The fourth-order valence-corrected chi connectivity index (χ4v) is 3.51. The van der Waals surface area contributed by atoms with Crippen LogP contribution in [0.3, 0.4) is 0 Å². The lowest BCUT2D eigenvalue weighted by Crippen LogP contribution is -2.43. The van der Waals surface area contributed by atoms with Crippen LogP contribution < -0.4 is 16.0 Å². The molecule has 1 aliphatic heterocycles. The molecule has 0 aromatic heterocycles. The number of halogens is 1. The minimum Gasteiger partial charge on any atom is -0.378 e. The number of benzene rings is 2. The fraction of sp³-hybridized carbons (Fsp3) is 0.263. The first kappa shape index (κ1) is 17.3. The normalized spacial score (nSPS) is 19.2. The summed E-state index contributed by atoms with van der Waals surface area (Å²) in [4.78, 5) is 25.4. The molecule has 3 N–H and O–H groups in total. The van der Waals surface area contributed by atoms with Crippen molar-refractivity contribution in [3.8, 4) is 0 Å². The number of amides is 2. The summed E-state index contributed by atoms with van der Waals surface area (Å²) in [6.45, 7) is 3.57. The van der Waals surface area contributed by atoms with E-state index in [4.69, 9.17) is 17.3 Å². The Morgan fingerprint density at radius 1 is 1.20 bits per heavy atom. The molecular formula is C19H20ClN3O2. The monoisotopic (exact) mass is 357 g/mol. The second-order valence-electron chi connectivity index (χ2n) is 6.32. The van der Waals surface area contributed by atoms with Crippen molar-refractivity contribution in [3.05, 3.63) is 58.6 Å². The molecule has 1 heterocycles. The van der Waals surface area contributed by atoms with E-state index in [0.29, 0.717) is 10.6 Å². The predicted octanol–water partition coefficient (Wildman–Crippen LogP) is 3.74. The highest BCUT2D eigenvalue weighted by molar-refractivity contribution is 6.30. The first-order chi connectivity index (χ1) is 11.9. The molecule has 2 aromatic rings. The maximum Gasteiger partial charge on any atom is 0.248 e. The number of primary amides is 1. The summed E-state index contributed by atoms with van der Waals surface area (Å²) in [5.74, 6) is -0.508. The molecule has 0 saturated carbocycles. The van der Waals surface area contributed by atoms with Gasteiger partial charge < -0.3 is 16.0 Å². The molecule has 0 radical (unpaired) electrons. The van der Waals surface area contributed by atoms with Crippen molar-refractivity contribution >= 4 is 34.8 Å². The van der Waals surface area contributed by atoms with E-state index in [1.54, 1.807) is 30.0 Å². The summed E-state index contributed by atoms with van der Waals surface area (Å²) in [5.41, 5.74) is 8.48. The van der Waals surface area contributed by atoms with Crippen molar-refractivity contribution in [1.29, 1.82) is 0 Å². The maximum absolute atomic E-state index is 12.1. The molecular weight excluding hydrogens is 338 g/mol. The number of fused-ring (bicyclic) bond motifs is 1. The minimum absolute atomic E-state index is 0.0227. The van der Waals surface area contributed by atoms with Crippen molar-refractivity contribution in [1.82, 2.24) is 0 Å². The Labute approximate surface area is 151 Å². The SMILES string of the molecule is CC(=O)N1c2ccc(C(N)=O)cc2C(Nc2ccc(Cl)cc2)CC1C. The van der Waals surface area contributed by atoms with E-state index < -0.39 is 5.91 Å². The van der Waals surface area contributed by atoms with Gasteiger partial charge in [0.15, 0.2) is 0 Å². The maximum atomic E-state index is 12.1. The topological polar surface area (TPSA) is 75.4 Å². The summed E-state index contributed by atoms with van der Waals surface area (Å²) in [6, 6.07) is 12.7. The van der Waals surface area contributed by atoms with Gasteiger partial charge in [-0.3, -0.25) is 9.59 Å². The van der Waals surface area contributed by atoms with Crippen LogP contribution in [0.4, 0.5) is 11.4 Å². The zero-order valence-electron chi connectivity index (χ0n) is 14.1. The van der Waals surface area contributed by atoms with Crippen LogP contribution >= 0.6 is 11.6 Å². The lowest BCUT2D eigenvalue weighted by Gasteiger charge is -2.39. The number of hydrogen-bond acceptors (Lipinski definition) is 3. The zero-order chi connectivity index (χ0) is 18.1. The predicted molar refractivity (Wildman–Crippen MR) is 100 cm³/mol. The number of rotatable bonds is 3. The van der Waals surface area contributed by atoms with E-state index in [9.17, 15) is 9.59 Å². The Hall–Kier alpha value is -2.53. The molecule has 6 heteroatoms. The van der Waals surface area contributed by atoms with Gasteiger partial charge in [-0.05, 0) is 61.4 Å². The van der Waals surface area contributed by atoms with Crippen molar-refractivity contribution in [2.45, 2.75) is 32.4 Å². The summed E-state index contributed by atoms with van der Waals surface area (Å²) in [7, 11) is 0. The Balaban J connectivity index is 2.03. The van der Waals surface area contributed by atoms with Crippen LogP contribution in [-0.4, -0.2) is 17.9 Å². The van der Waals surface area contributed by atoms with Gasteiger partial charge >= 0.3 is 0 Å². The van der Waals surface area contributed by atoms with E-state index >= 15 is 0 Å². The van der Waals surface area contributed by atoms with Crippen molar-refractivity contribution in [2.24, 2.45) is 5.73 Å². The smallest absolute Gasteiger partial charge is 0.248 e. The second kappa shape index (κ2) is 6.76. The molecule has 2 atom stereocenters. The van der Waals surface area contributed by atoms with Gasteiger partial charge in [-0.2, -0.15) is 0 Å². The highest BCUT2D eigenvalue weighted by atomic mass is 35.5. The quantitative estimate of drug-likeness (QED) is 0.878. The van der Waals surface area contributed by atoms with Gasteiger partial charge in [0.2, 0.25) is 11.8 Å². The van der Waals surface area contributed by atoms with E-state index in [-0.39, 0.29) is 18.0 Å². The second-order valence-corrected chi connectivity index (χ2v) is 6.75. The Kier molecular flexibility index (Phi) is 4.68. The minimum atomic E-state index is -0.485. The third-order valence-electron chi connectivity index (χ3n) is 4.49. The average molecular weight is 358 g/mol. The molecule has 0 saturated heterocycles. The summed E-state index contributed by atoms with van der Waals surface area (Å²) < 4.78 is 0. The van der Waals surface area contributed by atoms with E-state index in [1.165, 1.54) is 0 Å². The molecule has 0 aliphatic carbocycles. The molecule has 25 heavy (non-hydrogen) atoms. The van der Waals surface area contributed by atoms with Crippen LogP contribution in [0, 0.1) is 0 Å². The van der Waals surface area contributed by atoms with Gasteiger partial charge in [-0.1, -0.05) is 11.6 Å². The molecule has 3 rings (SSSR count). The standard InChI is InChI=1S/C19H20ClN3O2/c1-11-9-17(22-15-6-4-14(20)5-7-15)16-10-13(19(21)25)3-8-18(16)23(11)12(2)24/h3-8,10-11,17,22H,9H2,1-2H3,(H2,21,25). The number of carbonyl (C=O) groups excluding carboxylic acids is 2. The number of anilines is 2. The molecule has 0 bridgehead atoms. The molecule has 0 fully saturated rings. The molecule has 130 valence electrons. The molecule has 5 nitrogen and oxygen atoms in total. The van der Waals surface area contributed by atoms with Crippen LogP contribution in [0.15, 0.2) is 42.5 Å². The van der Waals surface area contributed by atoms with Gasteiger partial charge in [0.05, 0.1) is 6.04 Å². The third kappa shape index (κ3) is 3.46. The van der Waals surface area contributed by atoms with Crippen molar-refractivity contribution in [2.75, 3.05) is 10.2 Å². The van der Waals surface area contributed by atoms with Crippen LogP contribution in [0.1, 0.15) is 42.2 Å². The Morgan fingerprint density at radius 3 is 2.48 bits per heavy atom. The van der Waals surface area contributed by atoms with Crippen molar-refractivity contribution < 1.29 is 9.59 Å². The van der Waals surface area contributed by atoms with E-state index in [2.05, 4.69) is 5.32 Å². The summed E-state index contributed by atoms with van der Waals surface area (Å²) in [5, 5.41) is 4.14.